The summed E-state index contributed by atoms with van der Waals surface area (Å²) in [6.45, 7) is 4.66. The average Bonchev–Trinajstić information content (AvgIpc) is 3.28. The van der Waals surface area contributed by atoms with Crippen molar-refractivity contribution in [1.82, 2.24) is 19.6 Å². The Morgan fingerprint density at radius 2 is 2.15 bits per heavy atom. The van der Waals surface area contributed by atoms with Crippen LogP contribution in [0.4, 0.5) is 0 Å². The van der Waals surface area contributed by atoms with Crippen LogP contribution in [0.1, 0.15) is 17.5 Å². The van der Waals surface area contributed by atoms with E-state index < -0.39 is 0 Å². The van der Waals surface area contributed by atoms with Crippen molar-refractivity contribution >= 4 is 46.9 Å². The molecule has 0 aromatic carbocycles. The molecule has 3 heterocycles. The van der Waals surface area contributed by atoms with Crippen LogP contribution in [0.25, 0.3) is 5.65 Å². The molecule has 5 nitrogen and oxygen atoms in total. The Bertz CT molecular complexity index is 779. The molecule has 0 amide bonds. The van der Waals surface area contributed by atoms with E-state index in [1.807, 2.05) is 35.7 Å². The third-order valence-corrected chi connectivity index (χ3v) is 4.95. The standard InChI is InChI=1S/C19H25N5S.HI/c1-3-20-19(23(2)13-10-17-7-6-14-25-17)21-11-9-16-15-24-12-5-4-8-18(24)22-16;/h4-8,12,14-15H,3,9-11,13H2,1-2H3,(H,20,21);1H. The first kappa shape index (κ1) is 20.7. The van der Waals surface area contributed by atoms with Crippen molar-refractivity contribution in [3.05, 3.63) is 58.7 Å². The zero-order chi connectivity index (χ0) is 17.5. The number of thiophene rings is 1. The molecule has 0 unspecified atom stereocenters. The number of likely N-dealkylation sites (N-methyl/N-ethyl adjacent to an activating group) is 1. The highest BCUT2D eigenvalue weighted by atomic mass is 127. The van der Waals surface area contributed by atoms with E-state index in [1.54, 1.807) is 0 Å². The second-order valence-electron chi connectivity index (χ2n) is 5.93. The number of nitrogens with one attached hydrogen (secondary N) is 1. The van der Waals surface area contributed by atoms with Gasteiger partial charge in [0, 0.05) is 50.4 Å². The first-order chi connectivity index (χ1) is 12.3. The fourth-order valence-corrected chi connectivity index (χ4v) is 3.39. The van der Waals surface area contributed by atoms with Crippen molar-refractivity contribution in [2.75, 3.05) is 26.7 Å². The van der Waals surface area contributed by atoms with E-state index in [2.05, 4.69) is 57.3 Å². The number of hydrogen-bond donors (Lipinski definition) is 1. The van der Waals surface area contributed by atoms with Crippen LogP contribution in [0.15, 0.2) is 53.1 Å². The first-order valence-corrected chi connectivity index (χ1v) is 9.58. The van der Waals surface area contributed by atoms with Gasteiger partial charge in [-0.1, -0.05) is 12.1 Å². The fourth-order valence-electron chi connectivity index (χ4n) is 2.69. The monoisotopic (exact) mass is 483 g/mol. The predicted octanol–water partition coefficient (Wildman–Crippen LogP) is 3.70. The molecule has 140 valence electrons. The second kappa shape index (κ2) is 10.5. The third kappa shape index (κ3) is 5.70. The Labute approximate surface area is 176 Å². The fraction of sp³-hybridized carbons (Fsp3) is 0.368. The maximum atomic E-state index is 4.76. The highest BCUT2D eigenvalue weighted by molar-refractivity contribution is 14.0. The number of halogens is 1. The summed E-state index contributed by atoms with van der Waals surface area (Å²) in [4.78, 5) is 13.0. The van der Waals surface area contributed by atoms with Crippen LogP contribution in [0.2, 0.25) is 0 Å². The van der Waals surface area contributed by atoms with Crippen LogP contribution in [0, 0.1) is 0 Å². The summed E-state index contributed by atoms with van der Waals surface area (Å²) < 4.78 is 2.05. The molecule has 0 saturated heterocycles. The quantitative estimate of drug-likeness (QED) is 0.317. The third-order valence-electron chi connectivity index (χ3n) is 4.01. The summed E-state index contributed by atoms with van der Waals surface area (Å²) in [6, 6.07) is 10.3. The molecule has 0 radical (unpaired) electrons. The molecule has 0 aliphatic carbocycles. The summed E-state index contributed by atoms with van der Waals surface area (Å²) in [6.07, 6.45) is 6.00. The van der Waals surface area contributed by atoms with Crippen molar-refractivity contribution in [2.24, 2.45) is 4.99 Å². The molecule has 26 heavy (non-hydrogen) atoms. The summed E-state index contributed by atoms with van der Waals surface area (Å²) in [7, 11) is 2.10. The van der Waals surface area contributed by atoms with Crippen molar-refractivity contribution in [3.8, 4) is 0 Å². The second-order valence-corrected chi connectivity index (χ2v) is 6.97. The van der Waals surface area contributed by atoms with E-state index in [0.29, 0.717) is 0 Å². The molecule has 3 aromatic heterocycles. The average molecular weight is 483 g/mol. The van der Waals surface area contributed by atoms with Crippen LogP contribution < -0.4 is 5.32 Å². The highest BCUT2D eigenvalue weighted by Crippen LogP contribution is 2.09. The molecule has 7 heteroatoms. The number of aliphatic imine (C=N–C) groups is 1. The molecule has 0 saturated carbocycles. The number of rotatable bonds is 7. The summed E-state index contributed by atoms with van der Waals surface area (Å²) in [5, 5.41) is 5.51. The lowest BCUT2D eigenvalue weighted by molar-refractivity contribution is 0.487. The van der Waals surface area contributed by atoms with Gasteiger partial charge in [-0.15, -0.1) is 35.3 Å². The molecule has 0 spiro atoms. The number of aromatic nitrogens is 2. The number of pyridine rings is 1. The SMILES string of the molecule is CCNC(=NCCc1cn2ccccc2n1)N(C)CCc1cccs1.I. The first-order valence-electron chi connectivity index (χ1n) is 8.70. The van der Waals surface area contributed by atoms with E-state index in [-0.39, 0.29) is 24.0 Å². The zero-order valence-corrected chi connectivity index (χ0v) is 18.4. The zero-order valence-electron chi connectivity index (χ0n) is 15.3. The number of imidazole rings is 1. The van der Waals surface area contributed by atoms with Crippen molar-refractivity contribution in [3.63, 3.8) is 0 Å². The Hall–Kier alpha value is -1.61. The van der Waals surface area contributed by atoms with Gasteiger partial charge >= 0.3 is 0 Å². The van der Waals surface area contributed by atoms with Gasteiger partial charge in [0.2, 0.25) is 0 Å². The van der Waals surface area contributed by atoms with Crippen LogP contribution in [0.3, 0.4) is 0 Å². The van der Waals surface area contributed by atoms with Crippen molar-refractivity contribution in [1.29, 1.82) is 0 Å². The Kier molecular flexibility index (Phi) is 8.37. The molecule has 0 bridgehead atoms. The maximum Gasteiger partial charge on any atom is 0.193 e. The minimum atomic E-state index is 0. The smallest absolute Gasteiger partial charge is 0.193 e. The minimum absolute atomic E-state index is 0. The van der Waals surface area contributed by atoms with Gasteiger partial charge in [-0.25, -0.2) is 4.98 Å². The molecule has 0 aliphatic rings. The molecule has 1 N–H and O–H groups in total. The summed E-state index contributed by atoms with van der Waals surface area (Å²) in [5.74, 6) is 0.961. The minimum Gasteiger partial charge on any atom is -0.357 e. The summed E-state index contributed by atoms with van der Waals surface area (Å²) >= 11 is 1.81. The van der Waals surface area contributed by atoms with Crippen LogP contribution in [-0.2, 0) is 12.8 Å². The van der Waals surface area contributed by atoms with Crippen molar-refractivity contribution < 1.29 is 0 Å². The number of fused-ring (bicyclic) bond motifs is 1. The molecule has 0 fully saturated rings. The van der Waals surface area contributed by atoms with Gasteiger partial charge < -0.3 is 14.6 Å². The lowest BCUT2D eigenvalue weighted by atomic mass is 10.3. The molecule has 0 aliphatic heterocycles. The van der Waals surface area contributed by atoms with Gasteiger partial charge in [0.05, 0.1) is 5.69 Å². The van der Waals surface area contributed by atoms with Gasteiger partial charge in [-0.05, 0) is 36.9 Å². The van der Waals surface area contributed by atoms with E-state index >= 15 is 0 Å². The summed E-state index contributed by atoms with van der Waals surface area (Å²) in [5.41, 5.74) is 2.06. The highest BCUT2D eigenvalue weighted by Gasteiger charge is 2.07. The Balaban J connectivity index is 0.00000243. The molecular weight excluding hydrogens is 457 g/mol. The van der Waals surface area contributed by atoms with Crippen LogP contribution in [0.5, 0.6) is 0 Å². The van der Waals surface area contributed by atoms with Gasteiger partial charge in [-0.2, -0.15) is 0 Å². The van der Waals surface area contributed by atoms with E-state index in [1.165, 1.54) is 4.88 Å². The van der Waals surface area contributed by atoms with Crippen LogP contribution >= 0.6 is 35.3 Å². The number of hydrogen-bond acceptors (Lipinski definition) is 3. The topological polar surface area (TPSA) is 44.9 Å². The van der Waals surface area contributed by atoms with Gasteiger partial charge in [0.1, 0.15) is 5.65 Å². The van der Waals surface area contributed by atoms with E-state index in [4.69, 9.17) is 4.99 Å². The molecular formula is C19H26IN5S. The van der Waals surface area contributed by atoms with Crippen LogP contribution in [-0.4, -0.2) is 46.9 Å². The number of nitrogens with zero attached hydrogens (tertiary/aromatic N) is 4. The Morgan fingerprint density at radius 3 is 2.88 bits per heavy atom. The normalized spacial score (nSPS) is 11.4. The molecule has 3 aromatic rings. The van der Waals surface area contributed by atoms with Gasteiger partial charge in [0.15, 0.2) is 5.96 Å². The molecule has 0 atom stereocenters. The predicted molar refractivity (Wildman–Crippen MR) is 121 cm³/mol. The lowest BCUT2D eigenvalue weighted by Crippen LogP contribution is -2.40. The van der Waals surface area contributed by atoms with E-state index in [0.717, 1.165) is 49.8 Å². The van der Waals surface area contributed by atoms with E-state index in [9.17, 15) is 0 Å². The molecule has 3 rings (SSSR count). The number of guanidine groups is 1. The largest absolute Gasteiger partial charge is 0.357 e. The maximum absolute atomic E-state index is 4.76. The van der Waals surface area contributed by atoms with Gasteiger partial charge in [0.25, 0.3) is 0 Å². The van der Waals surface area contributed by atoms with Gasteiger partial charge in [-0.3, -0.25) is 4.99 Å². The lowest BCUT2D eigenvalue weighted by Gasteiger charge is -2.21. The van der Waals surface area contributed by atoms with Crippen molar-refractivity contribution in [2.45, 2.75) is 19.8 Å². The Morgan fingerprint density at radius 1 is 1.27 bits per heavy atom.